The van der Waals surface area contributed by atoms with E-state index in [1.165, 1.54) is 23.9 Å². The van der Waals surface area contributed by atoms with Gasteiger partial charge in [-0.1, -0.05) is 59.6 Å². The standard InChI is InChI=1S/C28H24Cl2N2O4S/c1-2-36-25(33)12-7-17-37-22-15-13-21(14-16-22)31-28(35)24(18-20-10-6-11-23(29)26(20)30)32-27(34)19-8-4-3-5-9-19/h3-16,18H,2,17H2,1H3,(H,31,35)(H,32,34)/b12-7+,24-18-. The Labute approximate surface area is 229 Å². The smallest absolute Gasteiger partial charge is 0.330 e. The molecule has 3 aromatic rings. The summed E-state index contributed by atoms with van der Waals surface area (Å²) in [6, 6.07) is 20.8. The van der Waals surface area contributed by atoms with Gasteiger partial charge in [0.25, 0.3) is 11.8 Å². The fourth-order valence-electron chi connectivity index (χ4n) is 3.04. The molecule has 0 atom stereocenters. The Morgan fingerprint density at radius 1 is 0.946 bits per heavy atom. The lowest BCUT2D eigenvalue weighted by atomic mass is 10.1. The maximum atomic E-state index is 13.2. The van der Waals surface area contributed by atoms with Crippen LogP contribution in [0.15, 0.2) is 95.5 Å². The van der Waals surface area contributed by atoms with Crippen LogP contribution in [0.25, 0.3) is 6.08 Å². The number of esters is 1. The first kappa shape index (κ1) is 28.1. The van der Waals surface area contributed by atoms with Crippen molar-refractivity contribution in [3.63, 3.8) is 0 Å². The number of ether oxygens (including phenoxy) is 1. The maximum absolute atomic E-state index is 13.2. The van der Waals surface area contributed by atoms with Gasteiger partial charge in [-0.3, -0.25) is 9.59 Å². The average molecular weight is 555 g/mol. The predicted octanol–water partition coefficient (Wildman–Crippen LogP) is 6.61. The molecule has 0 radical (unpaired) electrons. The molecule has 0 saturated heterocycles. The summed E-state index contributed by atoms with van der Waals surface area (Å²) in [5.41, 5.74) is 1.42. The largest absolute Gasteiger partial charge is 0.463 e. The number of hydrogen-bond donors (Lipinski definition) is 2. The molecular weight excluding hydrogens is 531 g/mol. The van der Waals surface area contributed by atoms with Crippen LogP contribution >= 0.6 is 35.0 Å². The average Bonchev–Trinajstić information content (AvgIpc) is 2.90. The van der Waals surface area contributed by atoms with E-state index in [4.69, 9.17) is 27.9 Å². The zero-order chi connectivity index (χ0) is 26.6. The maximum Gasteiger partial charge on any atom is 0.330 e. The van der Waals surface area contributed by atoms with Gasteiger partial charge in [-0.2, -0.15) is 0 Å². The number of amides is 2. The molecule has 0 heterocycles. The lowest BCUT2D eigenvalue weighted by Crippen LogP contribution is -2.30. The lowest BCUT2D eigenvalue weighted by Gasteiger charge is -2.12. The predicted molar refractivity (Wildman–Crippen MR) is 150 cm³/mol. The minimum atomic E-state index is -0.530. The molecule has 0 aliphatic carbocycles. The fraction of sp³-hybridized carbons (Fsp3) is 0.107. The van der Waals surface area contributed by atoms with Gasteiger partial charge in [0.05, 0.1) is 16.7 Å². The number of rotatable bonds is 10. The van der Waals surface area contributed by atoms with Crippen molar-refractivity contribution in [3.05, 3.63) is 112 Å². The summed E-state index contributed by atoms with van der Waals surface area (Å²) in [6.07, 6.45) is 4.60. The van der Waals surface area contributed by atoms with Crippen LogP contribution in [-0.4, -0.2) is 30.1 Å². The van der Waals surface area contributed by atoms with Crippen molar-refractivity contribution in [2.75, 3.05) is 17.7 Å². The molecule has 37 heavy (non-hydrogen) atoms. The number of carbonyl (C=O) groups is 3. The number of thioether (sulfide) groups is 1. The van der Waals surface area contributed by atoms with Crippen LogP contribution in [0.1, 0.15) is 22.8 Å². The number of hydrogen-bond acceptors (Lipinski definition) is 5. The number of carbonyl (C=O) groups excluding carboxylic acids is 3. The van der Waals surface area contributed by atoms with Crippen LogP contribution in [-0.2, 0) is 14.3 Å². The van der Waals surface area contributed by atoms with Crippen LogP contribution in [0.4, 0.5) is 5.69 Å². The van der Waals surface area contributed by atoms with E-state index in [0.717, 1.165) is 4.90 Å². The number of nitrogens with one attached hydrogen (secondary N) is 2. The Bertz CT molecular complexity index is 1310. The highest BCUT2D eigenvalue weighted by Gasteiger charge is 2.16. The highest BCUT2D eigenvalue weighted by molar-refractivity contribution is 7.99. The van der Waals surface area contributed by atoms with Crippen LogP contribution in [0.3, 0.4) is 0 Å². The molecule has 2 N–H and O–H groups in total. The summed E-state index contributed by atoms with van der Waals surface area (Å²) < 4.78 is 4.85. The van der Waals surface area contributed by atoms with Crippen molar-refractivity contribution in [1.29, 1.82) is 0 Å². The summed E-state index contributed by atoms with van der Waals surface area (Å²) in [4.78, 5) is 38.2. The zero-order valence-corrected chi connectivity index (χ0v) is 22.2. The Morgan fingerprint density at radius 2 is 1.68 bits per heavy atom. The molecular formula is C28H24Cl2N2O4S. The Kier molecular flexibility index (Phi) is 10.8. The van der Waals surface area contributed by atoms with E-state index in [-0.39, 0.29) is 16.7 Å². The van der Waals surface area contributed by atoms with E-state index in [2.05, 4.69) is 10.6 Å². The Hall–Kier alpha value is -3.52. The van der Waals surface area contributed by atoms with Crippen molar-refractivity contribution < 1.29 is 19.1 Å². The molecule has 0 aromatic heterocycles. The van der Waals surface area contributed by atoms with Gasteiger partial charge in [0, 0.05) is 28.0 Å². The summed E-state index contributed by atoms with van der Waals surface area (Å²) in [6.45, 7) is 2.09. The van der Waals surface area contributed by atoms with Crippen molar-refractivity contribution >= 4 is 64.5 Å². The van der Waals surface area contributed by atoms with Gasteiger partial charge in [-0.25, -0.2) is 4.79 Å². The molecule has 0 aliphatic heterocycles. The van der Waals surface area contributed by atoms with E-state index in [9.17, 15) is 14.4 Å². The van der Waals surface area contributed by atoms with Crippen molar-refractivity contribution in [3.8, 4) is 0 Å². The fourth-order valence-corrected chi connectivity index (χ4v) is 4.12. The van der Waals surface area contributed by atoms with E-state index in [1.54, 1.807) is 73.7 Å². The molecule has 0 spiro atoms. The van der Waals surface area contributed by atoms with Crippen molar-refractivity contribution in [1.82, 2.24) is 5.32 Å². The summed E-state index contributed by atoms with van der Waals surface area (Å²) in [5, 5.41) is 6.06. The quantitative estimate of drug-likeness (QED) is 0.167. The van der Waals surface area contributed by atoms with Crippen LogP contribution in [0, 0.1) is 0 Å². The normalized spacial score (nSPS) is 11.3. The second-order valence-corrected chi connectivity index (χ2v) is 9.34. The molecule has 2 amide bonds. The van der Waals surface area contributed by atoms with Gasteiger partial charge < -0.3 is 15.4 Å². The number of anilines is 1. The van der Waals surface area contributed by atoms with Gasteiger partial charge in [0.15, 0.2) is 0 Å². The second-order valence-electron chi connectivity index (χ2n) is 7.47. The topological polar surface area (TPSA) is 84.5 Å². The lowest BCUT2D eigenvalue weighted by molar-refractivity contribution is -0.137. The highest BCUT2D eigenvalue weighted by Crippen LogP contribution is 2.27. The first-order valence-corrected chi connectivity index (χ1v) is 13.0. The summed E-state index contributed by atoms with van der Waals surface area (Å²) in [5.74, 6) is -0.757. The van der Waals surface area contributed by atoms with Gasteiger partial charge in [-0.05, 0) is 61.0 Å². The Balaban J connectivity index is 1.73. The molecule has 6 nitrogen and oxygen atoms in total. The van der Waals surface area contributed by atoms with E-state index in [0.29, 0.717) is 34.2 Å². The van der Waals surface area contributed by atoms with Gasteiger partial charge in [-0.15, -0.1) is 11.8 Å². The molecule has 0 unspecified atom stereocenters. The molecule has 0 aliphatic rings. The van der Waals surface area contributed by atoms with Gasteiger partial charge in [0.1, 0.15) is 5.70 Å². The SMILES string of the molecule is CCOC(=O)/C=C/CSc1ccc(NC(=O)/C(=C/c2cccc(Cl)c2Cl)NC(=O)c2ccccc2)cc1. The highest BCUT2D eigenvalue weighted by atomic mass is 35.5. The molecule has 190 valence electrons. The first-order valence-electron chi connectivity index (χ1n) is 11.3. The third-order valence-electron chi connectivity index (χ3n) is 4.81. The van der Waals surface area contributed by atoms with Crippen molar-refractivity contribution in [2.24, 2.45) is 0 Å². The first-order chi connectivity index (χ1) is 17.9. The molecule has 0 bridgehead atoms. The third kappa shape index (κ3) is 8.82. The van der Waals surface area contributed by atoms with E-state index >= 15 is 0 Å². The zero-order valence-electron chi connectivity index (χ0n) is 19.9. The van der Waals surface area contributed by atoms with Crippen LogP contribution in [0.2, 0.25) is 10.0 Å². The molecule has 3 aromatic carbocycles. The monoisotopic (exact) mass is 554 g/mol. The molecule has 0 fully saturated rings. The summed E-state index contributed by atoms with van der Waals surface area (Å²) >= 11 is 13.9. The van der Waals surface area contributed by atoms with Crippen molar-refractivity contribution in [2.45, 2.75) is 11.8 Å². The number of benzene rings is 3. The molecule has 3 rings (SSSR count). The van der Waals surface area contributed by atoms with E-state index in [1.807, 2.05) is 12.1 Å². The second kappa shape index (κ2) is 14.3. The minimum absolute atomic E-state index is 0.000531. The van der Waals surface area contributed by atoms with E-state index < -0.39 is 11.8 Å². The van der Waals surface area contributed by atoms with Crippen LogP contribution < -0.4 is 10.6 Å². The number of halogens is 2. The Morgan fingerprint density at radius 3 is 2.38 bits per heavy atom. The van der Waals surface area contributed by atoms with Gasteiger partial charge in [0.2, 0.25) is 0 Å². The van der Waals surface area contributed by atoms with Crippen LogP contribution in [0.5, 0.6) is 0 Å². The minimum Gasteiger partial charge on any atom is -0.463 e. The van der Waals surface area contributed by atoms with Gasteiger partial charge >= 0.3 is 5.97 Å². The molecule has 0 saturated carbocycles. The summed E-state index contributed by atoms with van der Waals surface area (Å²) in [7, 11) is 0. The molecule has 9 heteroatoms. The third-order valence-corrected chi connectivity index (χ3v) is 6.61.